The normalized spacial score (nSPS) is 12.3. The molecule has 120 valence electrons. The Bertz CT molecular complexity index is 527. The Balaban J connectivity index is 3.02. The van der Waals surface area contributed by atoms with Crippen molar-refractivity contribution in [1.29, 1.82) is 0 Å². The summed E-state index contributed by atoms with van der Waals surface area (Å²) in [7, 11) is -1.56. The third kappa shape index (κ3) is 5.09. The second-order valence-electron chi connectivity index (χ2n) is 5.59. The van der Waals surface area contributed by atoms with Crippen LogP contribution in [0.3, 0.4) is 0 Å². The zero-order chi connectivity index (χ0) is 15.9. The van der Waals surface area contributed by atoms with Crippen molar-refractivity contribution in [2.24, 2.45) is 0 Å². The van der Waals surface area contributed by atoms with Crippen molar-refractivity contribution < 1.29 is 8.42 Å². The van der Waals surface area contributed by atoms with Crippen molar-refractivity contribution in [3.8, 4) is 0 Å². The van der Waals surface area contributed by atoms with Gasteiger partial charge in [0, 0.05) is 19.1 Å². The molecule has 0 saturated carbocycles. The van der Waals surface area contributed by atoms with Crippen LogP contribution < -0.4 is 5.32 Å². The van der Waals surface area contributed by atoms with Gasteiger partial charge in [-0.2, -0.15) is 4.31 Å². The molecule has 1 aromatic carbocycles. The van der Waals surface area contributed by atoms with Crippen LogP contribution in [-0.4, -0.2) is 32.4 Å². The SMILES string of the molecule is CCCCCN(C(C)C)S(=O)(=O)c1cccc(CNC)c1. The summed E-state index contributed by atoms with van der Waals surface area (Å²) in [6.07, 6.45) is 3.05. The molecule has 1 N–H and O–H groups in total. The number of unbranched alkanes of at least 4 members (excludes halogenated alkanes) is 2. The summed E-state index contributed by atoms with van der Waals surface area (Å²) in [5.41, 5.74) is 0.982. The van der Waals surface area contributed by atoms with Crippen LogP contribution in [-0.2, 0) is 16.6 Å². The zero-order valence-electron chi connectivity index (χ0n) is 13.6. The quantitative estimate of drug-likeness (QED) is 0.713. The third-order valence-electron chi connectivity index (χ3n) is 3.44. The van der Waals surface area contributed by atoms with E-state index in [0.29, 0.717) is 18.0 Å². The van der Waals surface area contributed by atoms with Crippen LogP contribution in [0.15, 0.2) is 29.2 Å². The van der Waals surface area contributed by atoms with Crippen molar-refractivity contribution in [2.45, 2.75) is 57.5 Å². The first-order chi connectivity index (χ1) is 9.93. The van der Waals surface area contributed by atoms with E-state index in [9.17, 15) is 8.42 Å². The van der Waals surface area contributed by atoms with Gasteiger partial charge in [0.25, 0.3) is 0 Å². The first-order valence-corrected chi connectivity index (χ1v) is 9.12. The summed E-state index contributed by atoms with van der Waals surface area (Å²) >= 11 is 0. The fourth-order valence-corrected chi connectivity index (χ4v) is 4.08. The van der Waals surface area contributed by atoms with E-state index in [0.717, 1.165) is 24.8 Å². The number of hydrogen-bond acceptors (Lipinski definition) is 3. The fraction of sp³-hybridized carbons (Fsp3) is 0.625. The lowest BCUT2D eigenvalue weighted by Crippen LogP contribution is -2.37. The molecule has 5 heteroatoms. The standard InChI is InChI=1S/C16H28N2O2S/c1-5-6-7-11-18(14(2)3)21(19,20)16-10-8-9-15(12-16)13-17-4/h8-10,12,14,17H,5-7,11,13H2,1-4H3. The molecule has 21 heavy (non-hydrogen) atoms. The van der Waals surface area contributed by atoms with Crippen LogP contribution in [0, 0.1) is 0 Å². The van der Waals surface area contributed by atoms with E-state index >= 15 is 0 Å². The van der Waals surface area contributed by atoms with E-state index in [1.165, 1.54) is 0 Å². The minimum Gasteiger partial charge on any atom is -0.316 e. The number of hydrogen-bond donors (Lipinski definition) is 1. The maximum absolute atomic E-state index is 12.8. The Hall–Kier alpha value is -0.910. The number of rotatable bonds is 9. The minimum absolute atomic E-state index is 0.0280. The lowest BCUT2D eigenvalue weighted by molar-refractivity contribution is 0.345. The Kier molecular flexibility index (Phi) is 7.35. The maximum atomic E-state index is 12.8. The van der Waals surface area contributed by atoms with Crippen molar-refractivity contribution >= 4 is 10.0 Å². The van der Waals surface area contributed by atoms with Gasteiger partial charge in [-0.15, -0.1) is 0 Å². The minimum atomic E-state index is -3.42. The van der Waals surface area contributed by atoms with E-state index in [4.69, 9.17) is 0 Å². The van der Waals surface area contributed by atoms with Gasteiger partial charge in [0.1, 0.15) is 0 Å². The van der Waals surface area contributed by atoms with Gasteiger partial charge in [-0.05, 0) is 45.0 Å². The summed E-state index contributed by atoms with van der Waals surface area (Å²) in [4.78, 5) is 0.389. The first kappa shape index (κ1) is 18.1. The molecule has 0 aliphatic heterocycles. The average molecular weight is 312 g/mol. The molecule has 0 radical (unpaired) electrons. The van der Waals surface area contributed by atoms with Crippen LogP contribution in [0.25, 0.3) is 0 Å². The van der Waals surface area contributed by atoms with Crippen molar-refractivity contribution in [2.75, 3.05) is 13.6 Å². The molecular weight excluding hydrogens is 284 g/mol. The van der Waals surface area contributed by atoms with Crippen molar-refractivity contribution in [3.63, 3.8) is 0 Å². The maximum Gasteiger partial charge on any atom is 0.243 e. The Labute approximate surface area is 129 Å². The summed E-state index contributed by atoms with van der Waals surface area (Å²) in [5, 5.41) is 3.05. The van der Waals surface area contributed by atoms with E-state index < -0.39 is 10.0 Å². The van der Waals surface area contributed by atoms with Gasteiger partial charge in [-0.1, -0.05) is 31.9 Å². The molecule has 1 aromatic rings. The highest BCUT2D eigenvalue weighted by Crippen LogP contribution is 2.20. The molecule has 0 aliphatic carbocycles. The molecule has 1 rings (SSSR count). The Morgan fingerprint density at radius 2 is 1.95 bits per heavy atom. The highest BCUT2D eigenvalue weighted by Gasteiger charge is 2.26. The highest BCUT2D eigenvalue weighted by atomic mass is 32.2. The van der Waals surface area contributed by atoms with E-state index in [1.807, 2.05) is 33.0 Å². The predicted octanol–water partition coefficient (Wildman–Crippen LogP) is 3.00. The number of nitrogens with zero attached hydrogens (tertiary/aromatic N) is 1. The largest absolute Gasteiger partial charge is 0.316 e. The number of benzene rings is 1. The summed E-state index contributed by atoms with van der Waals surface area (Å²) in [6, 6.07) is 7.17. The van der Waals surface area contributed by atoms with Gasteiger partial charge >= 0.3 is 0 Å². The van der Waals surface area contributed by atoms with E-state index in [2.05, 4.69) is 12.2 Å². The van der Waals surface area contributed by atoms with Crippen LogP contribution in [0.2, 0.25) is 0 Å². The van der Waals surface area contributed by atoms with Gasteiger partial charge in [0.2, 0.25) is 10.0 Å². The van der Waals surface area contributed by atoms with Crippen LogP contribution in [0.5, 0.6) is 0 Å². The molecule has 4 nitrogen and oxygen atoms in total. The van der Waals surface area contributed by atoms with Crippen LogP contribution in [0.1, 0.15) is 45.6 Å². The smallest absolute Gasteiger partial charge is 0.243 e. The van der Waals surface area contributed by atoms with Crippen LogP contribution >= 0.6 is 0 Å². The molecule has 0 atom stereocenters. The summed E-state index contributed by atoms with van der Waals surface area (Å²) < 4.78 is 27.3. The Morgan fingerprint density at radius 1 is 1.24 bits per heavy atom. The predicted molar refractivity (Wildman–Crippen MR) is 87.8 cm³/mol. The van der Waals surface area contributed by atoms with Gasteiger partial charge in [-0.25, -0.2) is 8.42 Å². The second kappa shape index (κ2) is 8.51. The third-order valence-corrected chi connectivity index (χ3v) is 5.52. The number of sulfonamides is 1. The molecule has 0 saturated heterocycles. The molecule has 0 fully saturated rings. The van der Waals surface area contributed by atoms with Crippen molar-refractivity contribution in [3.05, 3.63) is 29.8 Å². The monoisotopic (exact) mass is 312 g/mol. The first-order valence-electron chi connectivity index (χ1n) is 7.68. The van der Waals surface area contributed by atoms with E-state index in [1.54, 1.807) is 16.4 Å². The van der Waals surface area contributed by atoms with Gasteiger partial charge < -0.3 is 5.32 Å². The molecule has 0 aromatic heterocycles. The molecule has 0 spiro atoms. The lowest BCUT2D eigenvalue weighted by Gasteiger charge is -2.26. The summed E-state index contributed by atoms with van der Waals surface area (Å²) in [6.45, 7) is 7.24. The number of nitrogens with one attached hydrogen (secondary N) is 1. The fourth-order valence-electron chi connectivity index (χ4n) is 2.33. The van der Waals surface area contributed by atoms with Gasteiger partial charge in [0.15, 0.2) is 0 Å². The highest BCUT2D eigenvalue weighted by molar-refractivity contribution is 7.89. The molecular formula is C16H28N2O2S. The lowest BCUT2D eigenvalue weighted by atomic mass is 10.2. The zero-order valence-corrected chi connectivity index (χ0v) is 14.4. The molecule has 0 heterocycles. The van der Waals surface area contributed by atoms with Crippen LogP contribution in [0.4, 0.5) is 0 Å². The Morgan fingerprint density at radius 3 is 2.52 bits per heavy atom. The average Bonchev–Trinajstić information content (AvgIpc) is 2.43. The van der Waals surface area contributed by atoms with Gasteiger partial charge in [-0.3, -0.25) is 0 Å². The van der Waals surface area contributed by atoms with E-state index in [-0.39, 0.29) is 6.04 Å². The summed E-state index contributed by atoms with van der Waals surface area (Å²) in [5.74, 6) is 0. The van der Waals surface area contributed by atoms with Crippen molar-refractivity contribution in [1.82, 2.24) is 9.62 Å². The molecule has 0 bridgehead atoms. The molecule has 0 aliphatic rings. The second-order valence-corrected chi connectivity index (χ2v) is 7.48. The van der Waals surface area contributed by atoms with Gasteiger partial charge in [0.05, 0.1) is 4.90 Å². The molecule has 0 unspecified atom stereocenters. The molecule has 0 amide bonds. The topological polar surface area (TPSA) is 49.4 Å².